The lowest BCUT2D eigenvalue weighted by Gasteiger charge is -2.22. The molecule has 3 aromatic carbocycles. The lowest BCUT2D eigenvalue weighted by Crippen LogP contribution is -2.31. The van der Waals surface area contributed by atoms with Crippen molar-refractivity contribution in [2.45, 2.75) is 20.9 Å². The number of H-pyrrole nitrogens is 2. The zero-order chi connectivity index (χ0) is 35.7. The van der Waals surface area contributed by atoms with Gasteiger partial charge < -0.3 is 15.3 Å². The number of azo groups is 1. The van der Waals surface area contributed by atoms with Crippen LogP contribution in [0.5, 0.6) is 0 Å². The molecule has 0 saturated carbocycles. The summed E-state index contributed by atoms with van der Waals surface area (Å²) < 4.78 is 29.9. The fraction of sp³-hybridized carbons (Fsp3) is 0.0968. The fourth-order valence-corrected chi connectivity index (χ4v) is 9.62. The van der Waals surface area contributed by atoms with Crippen LogP contribution in [0.15, 0.2) is 118 Å². The van der Waals surface area contributed by atoms with Gasteiger partial charge in [-0.15, -0.1) is 23.1 Å². The number of carbonyl (C=O) groups is 1. The second-order valence-corrected chi connectivity index (χ2v) is 16.9. The number of thiazole rings is 1. The quantitative estimate of drug-likeness (QED) is 0.0638. The first-order chi connectivity index (χ1) is 25.3. The van der Waals surface area contributed by atoms with Gasteiger partial charge in [-0.25, -0.2) is 33.4 Å². The van der Waals surface area contributed by atoms with Crippen molar-refractivity contribution in [3.63, 3.8) is 0 Å². The molecular weight excluding hydrogens is 763 g/mol. The van der Waals surface area contributed by atoms with Crippen molar-refractivity contribution in [2.75, 3.05) is 10.0 Å². The standard InChI is InChI=1S/C31H21N13O3S5/c45-27(30(50-28-23-25(34-12-32-23)36-14-38-28)51-29-24-26(35-13-33-24)37-15-39-29)40-16-5-8-20(9-6-16)52(46,47)44-18-3-1-17(2-4-18)42-43-19-7-10-21-22(11-19)49-31(48)41-21/h1-14,23,29-30,44H,(H,33,35)(H,40,45)(H,41,48). The van der Waals surface area contributed by atoms with E-state index in [1.807, 2.05) is 18.2 Å². The number of aromatic nitrogens is 3. The molecule has 0 spiro atoms. The fourth-order valence-electron chi connectivity index (χ4n) is 4.95. The molecule has 8 rings (SSSR count). The number of hydrogen-bond donors (Lipinski definition) is 4. The molecule has 52 heavy (non-hydrogen) atoms. The van der Waals surface area contributed by atoms with Crippen LogP contribution in [0.4, 0.5) is 28.6 Å². The third-order valence-electron chi connectivity index (χ3n) is 7.42. The molecule has 2 aromatic heterocycles. The summed E-state index contributed by atoms with van der Waals surface area (Å²) in [6, 6.07) is 20.1. The number of amides is 1. The van der Waals surface area contributed by atoms with E-state index in [9.17, 15) is 13.2 Å². The highest BCUT2D eigenvalue weighted by atomic mass is 32.2. The second kappa shape index (κ2) is 14.3. The van der Waals surface area contributed by atoms with E-state index >= 15 is 0 Å². The monoisotopic (exact) mass is 783 g/mol. The lowest BCUT2D eigenvalue weighted by atomic mass is 10.3. The Morgan fingerprint density at radius 2 is 1.79 bits per heavy atom. The van der Waals surface area contributed by atoms with Crippen LogP contribution in [-0.2, 0) is 14.8 Å². The Balaban J connectivity index is 0.932. The van der Waals surface area contributed by atoms with Gasteiger partial charge in [0.25, 0.3) is 10.0 Å². The maximum Gasteiger partial charge on any atom is 0.261 e. The van der Waals surface area contributed by atoms with Crippen molar-refractivity contribution in [1.82, 2.24) is 15.0 Å². The van der Waals surface area contributed by atoms with Crippen molar-refractivity contribution in [3.8, 4) is 0 Å². The molecule has 0 bridgehead atoms. The van der Waals surface area contributed by atoms with Gasteiger partial charge in [0.2, 0.25) is 5.91 Å². The predicted molar refractivity (Wildman–Crippen MR) is 209 cm³/mol. The minimum atomic E-state index is -3.96. The zero-order valence-electron chi connectivity index (χ0n) is 26.1. The summed E-state index contributed by atoms with van der Waals surface area (Å²) in [5.74, 6) is 0.539. The molecule has 21 heteroatoms. The van der Waals surface area contributed by atoms with Gasteiger partial charge in [0.1, 0.15) is 22.3 Å². The first-order valence-electron chi connectivity index (χ1n) is 15.1. The summed E-state index contributed by atoms with van der Waals surface area (Å²) in [4.78, 5) is 49.4. The summed E-state index contributed by atoms with van der Waals surface area (Å²) in [6.45, 7) is 0. The number of sulfonamides is 1. The topological polar surface area (TPSA) is 219 Å². The normalized spacial score (nSPS) is 17.9. The zero-order valence-corrected chi connectivity index (χ0v) is 30.2. The van der Waals surface area contributed by atoms with Crippen LogP contribution in [0.25, 0.3) is 10.2 Å². The van der Waals surface area contributed by atoms with Crippen LogP contribution >= 0.6 is 47.1 Å². The minimum absolute atomic E-state index is 0.00220. The number of aliphatic imine (C=N–C) groups is 6. The van der Waals surface area contributed by atoms with Crippen molar-refractivity contribution in [3.05, 3.63) is 82.7 Å². The highest BCUT2D eigenvalue weighted by molar-refractivity contribution is 8.26. The lowest BCUT2D eigenvalue weighted by molar-refractivity contribution is -0.114. The van der Waals surface area contributed by atoms with Crippen molar-refractivity contribution < 1.29 is 13.2 Å². The van der Waals surface area contributed by atoms with Gasteiger partial charge in [0.05, 0.1) is 44.5 Å². The Hall–Kier alpha value is -5.44. The van der Waals surface area contributed by atoms with Gasteiger partial charge in [-0.2, -0.15) is 15.2 Å². The summed E-state index contributed by atoms with van der Waals surface area (Å²) in [6.07, 6.45) is 4.29. The van der Waals surface area contributed by atoms with E-state index < -0.39 is 26.0 Å². The third-order valence-corrected chi connectivity index (χ3v) is 12.7. The van der Waals surface area contributed by atoms with Crippen molar-refractivity contribution >= 4 is 131 Å². The van der Waals surface area contributed by atoms with Crippen LogP contribution in [-0.4, -0.2) is 69.5 Å². The number of anilines is 2. The Labute approximate surface area is 311 Å². The molecule has 0 saturated heterocycles. The third kappa shape index (κ3) is 7.31. The number of thioether (sulfide) groups is 2. The number of rotatable bonds is 10. The van der Waals surface area contributed by atoms with Gasteiger partial charge in [-0.05, 0) is 78.9 Å². The summed E-state index contributed by atoms with van der Waals surface area (Å²) in [5, 5.41) is 11.4. The largest absolute Gasteiger partial charge is 0.344 e. The van der Waals surface area contributed by atoms with E-state index in [0.717, 1.165) is 10.2 Å². The number of imidazole rings is 1. The van der Waals surface area contributed by atoms with Crippen LogP contribution < -0.4 is 10.0 Å². The average molecular weight is 784 g/mol. The molecule has 3 unspecified atom stereocenters. The second-order valence-electron chi connectivity index (χ2n) is 10.8. The number of nitrogens with zero attached hydrogens (tertiary/aromatic N) is 9. The van der Waals surface area contributed by atoms with Gasteiger partial charge >= 0.3 is 0 Å². The van der Waals surface area contributed by atoms with Gasteiger partial charge in [0, 0.05) is 11.4 Å². The number of hydrogen-bond acceptors (Lipinski definition) is 16. The van der Waals surface area contributed by atoms with Gasteiger partial charge in [-0.1, -0.05) is 11.8 Å². The smallest absolute Gasteiger partial charge is 0.261 e. The molecule has 0 fully saturated rings. The van der Waals surface area contributed by atoms with E-state index in [4.69, 9.17) is 12.2 Å². The Morgan fingerprint density at radius 3 is 2.63 bits per heavy atom. The van der Waals surface area contributed by atoms with Crippen LogP contribution in [0.3, 0.4) is 0 Å². The molecule has 3 atom stereocenters. The summed E-state index contributed by atoms with van der Waals surface area (Å²) >= 11 is 9.08. The Kier molecular flexibility index (Phi) is 9.26. The number of benzene rings is 3. The number of nitrogens with one attached hydrogen (secondary N) is 4. The Morgan fingerprint density at radius 1 is 1.00 bits per heavy atom. The molecule has 5 heterocycles. The van der Waals surface area contributed by atoms with Gasteiger partial charge in [0.15, 0.2) is 27.0 Å². The SMILES string of the molecule is O=C(Nc1ccc(S(=O)(=O)Nc2ccc(N=Nc3ccc4[nH]c(=S)sc4c3)cc2)cc1)C(SC1=NC=NC2=NC=NC21)SC1N=C=Nc2nc[nH]c21. The van der Waals surface area contributed by atoms with E-state index in [1.165, 1.54) is 78.1 Å². The van der Waals surface area contributed by atoms with Crippen LogP contribution in [0.2, 0.25) is 0 Å². The molecular formula is C31H21N13O3S5. The highest BCUT2D eigenvalue weighted by Gasteiger charge is 2.35. The van der Waals surface area contributed by atoms with Crippen LogP contribution in [0.1, 0.15) is 11.1 Å². The minimum Gasteiger partial charge on any atom is -0.344 e. The maximum absolute atomic E-state index is 13.8. The highest BCUT2D eigenvalue weighted by Crippen LogP contribution is 2.43. The number of aromatic amines is 2. The molecule has 4 N–H and O–H groups in total. The molecule has 5 aromatic rings. The molecule has 3 aliphatic rings. The van der Waals surface area contributed by atoms with Crippen LogP contribution in [0, 0.1) is 3.95 Å². The van der Waals surface area contributed by atoms with Crippen molar-refractivity contribution in [2.24, 2.45) is 40.2 Å². The molecule has 0 radical (unpaired) electrons. The molecule has 258 valence electrons. The number of fused-ring (bicyclic) bond motifs is 3. The van der Waals surface area contributed by atoms with Crippen molar-refractivity contribution in [1.29, 1.82) is 0 Å². The molecule has 0 aliphatic carbocycles. The average Bonchev–Trinajstić information content (AvgIpc) is 3.91. The Bertz CT molecular complexity index is 2600. The van der Waals surface area contributed by atoms with E-state index in [1.54, 1.807) is 24.3 Å². The molecule has 3 aliphatic heterocycles. The summed E-state index contributed by atoms with van der Waals surface area (Å²) in [7, 11) is -3.96. The number of amidine groups is 1. The van der Waals surface area contributed by atoms with E-state index in [0.29, 0.717) is 49.1 Å². The van der Waals surface area contributed by atoms with E-state index in [2.05, 4.69) is 71.2 Å². The predicted octanol–water partition coefficient (Wildman–Crippen LogP) is 7.40. The number of carbonyl (C=O) groups excluding carboxylic acids is 1. The maximum atomic E-state index is 13.8. The van der Waals surface area contributed by atoms with Gasteiger partial charge in [-0.3, -0.25) is 14.5 Å². The first-order valence-corrected chi connectivity index (χ1v) is 19.6. The summed E-state index contributed by atoms with van der Waals surface area (Å²) in [5.41, 5.74) is 3.50. The molecule has 16 nitrogen and oxygen atoms in total. The first kappa shape index (κ1) is 33.7. The van der Waals surface area contributed by atoms with E-state index in [-0.39, 0.29) is 10.8 Å². The molecule has 1 amide bonds.